The maximum Gasteiger partial charge on any atom is 0.213 e. The zero-order valence-electron chi connectivity index (χ0n) is 11.5. The van der Waals surface area contributed by atoms with E-state index in [1.807, 2.05) is 12.1 Å². The third-order valence-corrected chi connectivity index (χ3v) is 3.19. The first-order valence-corrected chi connectivity index (χ1v) is 6.65. The van der Waals surface area contributed by atoms with E-state index in [4.69, 9.17) is 4.52 Å². The van der Waals surface area contributed by atoms with E-state index in [9.17, 15) is 0 Å². The van der Waals surface area contributed by atoms with Crippen LogP contribution >= 0.6 is 0 Å². The molecule has 2 heterocycles. The lowest BCUT2D eigenvalue weighted by molar-refractivity contribution is 0.408. The summed E-state index contributed by atoms with van der Waals surface area (Å²) >= 11 is 0. The third kappa shape index (κ3) is 3.29. The highest BCUT2D eigenvalue weighted by molar-refractivity contribution is 5.35. The molecule has 8 heteroatoms. The van der Waals surface area contributed by atoms with E-state index in [1.54, 1.807) is 11.0 Å². The monoisotopic (exact) mass is 285 g/mol. The quantitative estimate of drug-likeness (QED) is 0.720. The fourth-order valence-corrected chi connectivity index (χ4v) is 2.04. The number of benzene rings is 1. The maximum absolute atomic E-state index is 4.70. The van der Waals surface area contributed by atoms with Gasteiger partial charge in [-0.15, -0.1) is 5.10 Å². The largest absolute Gasteiger partial charge is 0.343 e. The van der Waals surface area contributed by atoms with Gasteiger partial charge in [-0.25, -0.2) is 4.68 Å². The van der Waals surface area contributed by atoms with Crippen molar-refractivity contribution in [1.82, 2.24) is 35.7 Å². The molecule has 1 N–H and O–H groups in total. The van der Waals surface area contributed by atoms with Crippen molar-refractivity contribution in [2.24, 2.45) is 0 Å². The Kier molecular flexibility index (Phi) is 3.97. The molecule has 3 aromatic rings. The molecule has 0 fully saturated rings. The molecule has 0 radical (unpaired) electrons. The highest BCUT2D eigenvalue weighted by Gasteiger charge is 2.07. The fourth-order valence-electron chi connectivity index (χ4n) is 2.04. The molecule has 0 aliphatic rings. The van der Waals surface area contributed by atoms with Crippen LogP contribution in [0.3, 0.4) is 0 Å². The Labute approximate surface area is 121 Å². The molecule has 0 amide bonds. The highest BCUT2D eigenvalue weighted by Crippen LogP contribution is 2.16. The van der Waals surface area contributed by atoms with E-state index in [2.05, 4.69) is 50.0 Å². The maximum atomic E-state index is 4.70. The molecule has 21 heavy (non-hydrogen) atoms. The molecule has 0 spiro atoms. The molecule has 0 saturated carbocycles. The average molecular weight is 285 g/mol. The van der Waals surface area contributed by atoms with Gasteiger partial charge in [0.15, 0.2) is 5.82 Å². The van der Waals surface area contributed by atoms with E-state index in [0.717, 1.165) is 24.2 Å². The van der Waals surface area contributed by atoms with E-state index < -0.39 is 0 Å². The summed E-state index contributed by atoms with van der Waals surface area (Å²) in [5, 5.41) is 18.4. The van der Waals surface area contributed by atoms with Gasteiger partial charge in [-0.3, -0.25) is 0 Å². The van der Waals surface area contributed by atoms with Gasteiger partial charge in [0.25, 0.3) is 0 Å². The number of hydrogen-bond donors (Lipinski definition) is 1. The summed E-state index contributed by atoms with van der Waals surface area (Å²) in [5.74, 6) is 0.706. The second-order valence-electron chi connectivity index (χ2n) is 4.62. The molecule has 0 bridgehead atoms. The first kappa shape index (κ1) is 13.4. The minimum Gasteiger partial charge on any atom is -0.343 e. The van der Waals surface area contributed by atoms with Crippen LogP contribution in [0.1, 0.15) is 24.4 Å². The van der Waals surface area contributed by atoms with E-state index in [-0.39, 0.29) is 6.04 Å². The van der Waals surface area contributed by atoms with Gasteiger partial charge in [-0.1, -0.05) is 17.3 Å². The molecule has 1 aromatic carbocycles. The van der Waals surface area contributed by atoms with Crippen molar-refractivity contribution in [2.75, 3.05) is 6.54 Å². The molecule has 3 rings (SSSR count). The second kappa shape index (κ2) is 6.23. The Morgan fingerprint density at radius 2 is 2.33 bits per heavy atom. The lowest BCUT2D eigenvalue weighted by Crippen LogP contribution is -2.21. The van der Waals surface area contributed by atoms with Gasteiger partial charge in [0.1, 0.15) is 6.33 Å². The van der Waals surface area contributed by atoms with E-state index >= 15 is 0 Å². The van der Waals surface area contributed by atoms with Crippen molar-refractivity contribution < 1.29 is 4.52 Å². The smallest absolute Gasteiger partial charge is 0.213 e. The summed E-state index contributed by atoms with van der Waals surface area (Å²) < 4.78 is 6.34. The zero-order chi connectivity index (χ0) is 14.5. The number of aromatic nitrogens is 6. The van der Waals surface area contributed by atoms with Crippen LogP contribution in [0, 0.1) is 0 Å². The number of tetrazole rings is 1. The van der Waals surface area contributed by atoms with Crippen LogP contribution in [0.5, 0.6) is 0 Å². The SMILES string of the molecule is CC(NCCc1ncon1)c1cccc(-n2cnnn2)c1. The van der Waals surface area contributed by atoms with Crippen LogP contribution < -0.4 is 5.32 Å². The van der Waals surface area contributed by atoms with E-state index in [0.29, 0.717) is 5.82 Å². The first-order valence-electron chi connectivity index (χ1n) is 6.65. The van der Waals surface area contributed by atoms with Crippen molar-refractivity contribution in [1.29, 1.82) is 0 Å². The summed E-state index contributed by atoms with van der Waals surface area (Å²) in [6.45, 7) is 2.88. The Morgan fingerprint density at radius 1 is 1.38 bits per heavy atom. The first-order chi connectivity index (χ1) is 10.3. The Hall–Kier alpha value is -2.61. The number of nitrogens with one attached hydrogen (secondary N) is 1. The standard InChI is InChI=1S/C13H15N7O/c1-10(14-6-5-13-15-9-21-17-13)11-3-2-4-12(7-11)20-8-16-18-19-20/h2-4,7-10,14H,5-6H2,1H3. The number of hydrogen-bond acceptors (Lipinski definition) is 7. The minimum absolute atomic E-state index is 0.202. The van der Waals surface area contributed by atoms with Gasteiger partial charge >= 0.3 is 0 Å². The lowest BCUT2D eigenvalue weighted by Gasteiger charge is -2.14. The molecule has 2 aromatic heterocycles. The van der Waals surface area contributed by atoms with Crippen LogP contribution in [0.15, 0.2) is 41.5 Å². The zero-order valence-corrected chi connectivity index (χ0v) is 11.5. The van der Waals surface area contributed by atoms with Crippen LogP contribution in [0.2, 0.25) is 0 Å². The van der Waals surface area contributed by atoms with Gasteiger partial charge in [0.2, 0.25) is 6.39 Å². The van der Waals surface area contributed by atoms with Crippen molar-refractivity contribution in [3.63, 3.8) is 0 Å². The Balaban J connectivity index is 1.62. The van der Waals surface area contributed by atoms with Crippen LogP contribution in [0.25, 0.3) is 5.69 Å². The number of rotatable bonds is 6. The van der Waals surface area contributed by atoms with Gasteiger partial charge in [-0.2, -0.15) is 4.98 Å². The Bertz CT molecular complexity index is 666. The summed E-state index contributed by atoms with van der Waals surface area (Å²) in [5.41, 5.74) is 2.10. The van der Waals surface area contributed by atoms with Crippen molar-refractivity contribution >= 4 is 0 Å². The molecule has 0 aliphatic heterocycles. The van der Waals surface area contributed by atoms with Gasteiger partial charge in [0.05, 0.1) is 5.69 Å². The van der Waals surface area contributed by atoms with Crippen LogP contribution in [-0.2, 0) is 6.42 Å². The summed E-state index contributed by atoms with van der Waals surface area (Å²) in [6.07, 6.45) is 3.65. The molecule has 1 unspecified atom stereocenters. The van der Waals surface area contributed by atoms with Crippen molar-refractivity contribution in [3.05, 3.63) is 48.4 Å². The fraction of sp³-hybridized carbons (Fsp3) is 0.308. The minimum atomic E-state index is 0.202. The average Bonchev–Trinajstić information content (AvgIpc) is 3.21. The van der Waals surface area contributed by atoms with E-state index in [1.165, 1.54) is 6.39 Å². The van der Waals surface area contributed by atoms with Crippen LogP contribution in [-0.4, -0.2) is 36.9 Å². The molecule has 8 nitrogen and oxygen atoms in total. The topological polar surface area (TPSA) is 94.6 Å². The van der Waals surface area contributed by atoms with Gasteiger partial charge in [0, 0.05) is 19.0 Å². The lowest BCUT2D eigenvalue weighted by atomic mass is 10.1. The molecule has 1 atom stereocenters. The molecule has 0 aliphatic carbocycles. The van der Waals surface area contributed by atoms with Crippen molar-refractivity contribution in [3.8, 4) is 5.69 Å². The number of nitrogens with zero attached hydrogens (tertiary/aromatic N) is 6. The highest BCUT2D eigenvalue weighted by atomic mass is 16.5. The summed E-state index contributed by atoms with van der Waals surface area (Å²) in [7, 11) is 0. The second-order valence-corrected chi connectivity index (χ2v) is 4.62. The third-order valence-electron chi connectivity index (χ3n) is 3.19. The van der Waals surface area contributed by atoms with Crippen LogP contribution in [0.4, 0.5) is 0 Å². The van der Waals surface area contributed by atoms with Crippen molar-refractivity contribution in [2.45, 2.75) is 19.4 Å². The molecular weight excluding hydrogens is 270 g/mol. The molecular formula is C13H15N7O. The normalized spacial score (nSPS) is 12.4. The predicted molar refractivity (Wildman–Crippen MR) is 73.6 cm³/mol. The van der Waals surface area contributed by atoms with Gasteiger partial charge < -0.3 is 9.84 Å². The predicted octanol–water partition coefficient (Wildman–Crippen LogP) is 0.939. The molecule has 0 saturated heterocycles. The Morgan fingerprint density at radius 3 is 3.10 bits per heavy atom. The summed E-state index contributed by atoms with van der Waals surface area (Å²) in [4.78, 5) is 3.99. The van der Waals surface area contributed by atoms with Gasteiger partial charge in [-0.05, 0) is 35.0 Å². The molecule has 108 valence electrons. The summed E-state index contributed by atoms with van der Waals surface area (Å²) in [6, 6.07) is 8.28.